The molecule has 1 aromatic heterocycles. The van der Waals surface area contributed by atoms with Crippen molar-refractivity contribution in [3.63, 3.8) is 0 Å². The van der Waals surface area contributed by atoms with Crippen LogP contribution in [0.5, 0.6) is 11.6 Å². The number of sulfonamides is 1. The average Bonchev–Trinajstić information content (AvgIpc) is 3.36. The third-order valence-corrected chi connectivity index (χ3v) is 7.98. The van der Waals surface area contributed by atoms with Crippen LogP contribution in [0.2, 0.25) is 5.02 Å². The van der Waals surface area contributed by atoms with Crippen LogP contribution < -0.4 is 9.64 Å². The lowest BCUT2D eigenvalue weighted by Crippen LogP contribution is -2.37. The van der Waals surface area contributed by atoms with E-state index in [9.17, 15) is 17.2 Å². The third-order valence-electron chi connectivity index (χ3n) is 5.90. The van der Waals surface area contributed by atoms with Crippen molar-refractivity contribution in [2.45, 2.75) is 30.7 Å². The summed E-state index contributed by atoms with van der Waals surface area (Å²) >= 11 is 6.00. The quantitative estimate of drug-likeness (QED) is 0.505. The Morgan fingerprint density at radius 1 is 0.971 bits per heavy atom. The van der Waals surface area contributed by atoms with E-state index in [1.165, 1.54) is 22.5 Å². The van der Waals surface area contributed by atoms with Crippen molar-refractivity contribution in [1.29, 1.82) is 0 Å². The van der Waals surface area contributed by atoms with Crippen molar-refractivity contribution in [3.8, 4) is 11.6 Å². The predicted molar refractivity (Wildman–Crippen MR) is 123 cm³/mol. The van der Waals surface area contributed by atoms with E-state index in [1.807, 2.05) is 4.90 Å². The molecule has 5 rings (SSSR count). The summed E-state index contributed by atoms with van der Waals surface area (Å²) in [5, 5.41) is 0.319. The first kappa shape index (κ1) is 22.9. The third kappa shape index (κ3) is 4.45. The molecule has 11 heteroatoms. The fraction of sp³-hybridized carbons (Fsp3) is 0.304. The molecule has 3 aromatic rings. The predicted octanol–water partition coefficient (Wildman–Crippen LogP) is 4.55. The van der Waals surface area contributed by atoms with Crippen LogP contribution in [-0.4, -0.2) is 42.3 Å². The topological polar surface area (TPSA) is 75.6 Å². The molecule has 0 amide bonds. The number of rotatable bonds is 5. The van der Waals surface area contributed by atoms with Crippen LogP contribution in [0, 0.1) is 11.6 Å². The maximum Gasteiger partial charge on any atom is 0.243 e. The van der Waals surface area contributed by atoms with Gasteiger partial charge in [-0.3, -0.25) is 0 Å². The van der Waals surface area contributed by atoms with E-state index in [0.717, 1.165) is 38.1 Å². The van der Waals surface area contributed by atoms with Gasteiger partial charge in [-0.15, -0.1) is 0 Å². The fourth-order valence-electron chi connectivity index (χ4n) is 4.12. The van der Waals surface area contributed by atoms with Gasteiger partial charge in [0.15, 0.2) is 11.6 Å². The van der Waals surface area contributed by atoms with Crippen LogP contribution in [-0.2, 0) is 23.0 Å². The molecule has 0 aliphatic carbocycles. The van der Waals surface area contributed by atoms with Crippen molar-refractivity contribution >= 4 is 27.6 Å². The molecule has 0 radical (unpaired) electrons. The van der Waals surface area contributed by atoms with Crippen molar-refractivity contribution in [3.05, 3.63) is 70.4 Å². The molecule has 1 saturated heterocycles. The number of hydrogen-bond donors (Lipinski definition) is 0. The lowest BCUT2D eigenvalue weighted by Gasteiger charge is -2.29. The van der Waals surface area contributed by atoms with Crippen LogP contribution in [0.3, 0.4) is 0 Å². The minimum Gasteiger partial charge on any atom is -0.438 e. The first-order chi connectivity index (χ1) is 16.3. The Labute approximate surface area is 201 Å². The zero-order chi connectivity index (χ0) is 23.9. The molecule has 2 aromatic carbocycles. The number of benzene rings is 2. The van der Waals surface area contributed by atoms with Gasteiger partial charge >= 0.3 is 0 Å². The van der Waals surface area contributed by atoms with E-state index < -0.39 is 21.7 Å². The normalized spacial score (nSPS) is 16.5. The summed E-state index contributed by atoms with van der Waals surface area (Å²) in [6, 6.07) is 9.27. The Hall–Kier alpha value is -2.82. The summed E-state index contributed by atoms with van der Waals surface area (Å²) in [6.07, 6.45) is 2.39. The molecule has 0 N–H and O–H groups in total. The fourth-order valence-corrected chi connectivity index (χ4v) is 5.83. The summed E-state index contributed by atoms with van der Waals surface area (Å²) < 4.78 is 60.9. The Morgan fingerprint density at radius 3 is 2.50 bits per heavy atom. The maximum absolute atomic E-state index is 13.8. The molecule has 0 saturated carbocycles. The van der Waals surface area contributed by atoms with E-state index in [4.69, 9.17) is 21.3 Å². The molecule has 0 atom stereocenters. The van der Waals surface area contributed by atoms with Crippen LogP contribution in [0.1, 0.15) is 24.1 Å². The maximum atomic E-state index is 13.8. The zero-order valence-electron chi connectivity index (χ0n) is 18.0. The lowest BCUT2D eigenvalue weighted by atomic mass is 10.1. The van der Waals surface area contributed by atoms with Crippen molar-refractivity contribution in [2.24, 2.45) is 0 Å². The highest BCUT2D eigenvalue weighted by molar-refractivity contribution is 7.89. The molecular weight excluding hydrogens is 486 g/mol. The average molecular weight is 507 g/mol. The van der Waals surface area contributed by atoms with E-state index >= 15 is 0 Å². The highest BCUT2D eigenvalue weighted by Gasteiger charge is 2.33. The smallest absolute Gasteiger partial charge is 0.243 e. The van der Waals surface area contributed by atoms with Crippen molar-refractivity contribution in [1.82, 2.24) is 14.3 Å². The summed E-state index contributed by atoms with van der Waals surface area (Å²) in [5.41, 5.74) is 1.16. The van der Waals surface area contributed by atoms with Gasteiger partial charge in [-0.05, 0) is 43.2 Å². The Balaban J connectivity index is 1.53. The monoisotopic (exact) mass is 506 g/mol. The molecule has 2 aliphatic rings. The molecular formula is C23H21ClF2N4O3S. The van der Waals surface area contributed by atoms with Gasteiger partial charge in [0.2, 0.25) is 21.9 Å². The van der Waals surface area contributed by atoms with Gasteiger partial charge in [0.1, 0.15) is 5.75 Å². The molecule has 34 heavy (non-hydrogen) atoms. The second-order valence-electron chi connectivity index (χ2n) is 8.17. The van der Waals surface area contributed by atoms with Gasteiger partial charge in [-0.25, -0.2) is 22.2 Å². The van der Waals surface area contributed by atoms with Crippen molar-refractivity contribution in [2.75, 3.05) is 24.5 Å². The number of nitrogens with zero attached hydrogens (tertiary/aromatic N) is 4. The molecule has 1 fully saturated rings. The summed E-state index contributed by atoms with van der Waals surface area (Å²) in [7, 11) is -3.84. The highest BCUT2D eigenvalue weighted by Crippen LogP contribution is 2.34. The Kier molecular flexibility index (Phi) is 6.13. The largest absolute Gasteiger partial charge is 0.438 e. The molecule has 0 spiro atoms. The van der Waals surface area contributed by atoms with Crippen LogP contribution in [0.15, 0.2) is 47.4 Å². The number of ether oxygens (including phenoxy) is 1. The van der Waals surface area contributed by atoms with Crippen LogP contribution in [0.4, 0.5) is 14.7 Å². The van der Waals surface area contributed by atoms with E-state index in [0.29, 0.717) is 28.6 Å². The second kappa shape index (κ2) is 9.09. The number of anilines is 1. The van der Waals surface area contributed by atoms with E-state index in [-0.39, 0.29) is 29.6 Å². The number of hydrogen-bond acceptors (Lipinski definition) is 6. The number of halogens is 3. The molecule has 7 nitrogen and oxygen atoms in total. The summed E-state index contributed by atoms with van der Waals surface area (Å²) in [5.74, 6) is -1.37. The Bertz CT molecular complexity index is 1350. The van der Waals surface area contributed by atoms with E-state index in [2.05, 4.69) is 4.98 Å². The Morgan fingerprint density at radius 2 is 1.76 bits per heavy atom. The molecule has 0 bridgehead atoms. The number of fused-ring (bicyclic) bond motifs is 1. The van der Waals surface area contributed by atoms with Gasteiger partial charge in [-0.2, -0.15) is 9.29 Å². The first-order valence-electron chi connectivity index (χ1n) is 10.8. The lowest BCUT2D eigenvalue weighted by molar-refractivity contribution is 0.368. The van der Waals surface area contributed by atoms with Crippen molar-refractivity contribution < 1.29 is 21.9 Å². The van der Waals surface area contributed by atoms with Gasteiger partial charge in [0, 0.05) is 43.7 Å². The highest BCUT2D eigenvalue weighted by atomic mass is 35.5. The van der Waals surface area contributed by atoms with Crippen LogP contribution >= 0.6 is 11.6 Å². The molecule has 3 heterocycles. The summed E-state index contributed by atoms with van der Waals surface area (Å²) in [4.78, 5) is 11.4. The minimum atomic E-state index is -3.84. The van der Waals surface area contributed by atoms with Gasteiger partial charge in [-0.1, -0.05) is 17.7 Å². The first-order valence-corrected chi connectivity index (χ1v) is 12.7. The molecule has 0 unspecified atom stereocenters. The van der Waals surface area contributed by atoms with Gasteiger partial charge in [0.25, 0.3) is 0 Å². The van der Waals surface area contributed by atoms with Gasteiger partial charge < -0.3 is 9.64 Å². The standard InChI is InChI=1S/C23H21ClF2N4O3S/c24-15-4-3-5-17(12-15)34(31,32)30-11-8-21-18(14-30)22(28-23(27-21)29-9-1-2-10-29)33-16-6-7-19(25)20(26)13-16/h3-7,12-13H,1-2,8-11,14H2. The second-order valence-corrected chi connectivity index (χ2v) is 10.5. The van der Waals surface area contributed by atoms with Gasteiger partial charge in [0.05, 0.1) is 16.2 Å². The number of aromatic nitrogens is 2. The molecule has 2 aliphatic heterocycles. The van der Waals surface area contributed by atoms with E-state index in [1.54, 1.807) is 12.1 Å². The zero-order valence-corrected chi connectivity index (χ0v) is 19.6. The molecule has 178 valence electrons. The summed E-state index contributed by atoms with van der Waals surface area (Å²) in [6.45, 7) is 1.81. The minimum absolute atomic E-state index is 0.0243. The SMILES string of the molecule is O=S(=O)(c1cccc(Cl)c1)N1CCc2nc(N3CCCC3)nc(Oc3ccc(F)c(F)c3)c2C1. The van der Waals surface area contributed by atoms with Crippen LogP contribution in [0.25, 0.3) is 0 Å².